The first-order valence-corrected chi connectivity index (χ1v) is 7.26. The van der Waals surface area contributed by atoms with Gasteiger partial charge < -0.3 is 14.7 Å². The van der Waals surface area contributed by atoms with Crippen molar-refractivity contribution < 1.29 is 9.84 Å². The summed E-state index contributed by atoms with van der Waals surface area (Å²) in [6.45, 7) is 7.85. The lowest BCUT2D eigenvalue weighted by molar-refractivity contribution is -0.102. The zero-order chi connectivity index (χ0) is 14.6. The Balaban J connectivity index is 2.95. The van der Waals surface area contributed by atoms with Crippen LogP contribution in [0.15, 0.2) is 10.7 Å². The molecule has 0 saturated carbocycles. The highest BCUT2D eigenvalue weighted by Gasteiger charge is 2.33. The number of hydrogen-bond acceptors (Lipinski definition) is 4. The number of aliphatic hydroxyl groups is 1. The minimum absolute atomic E-state index is 0.563. The van der Waals surface area contributed by atoms with Gasteiger partial charge in [0.2, 0.25) is 0 Å². The second kappa shape index (κ2) is 6.83. The molecule has 0 bridgehead atoms. The summed E-state index contributed by atoms with van der Waals surface area (Å²) >= 11 is 3.46. The van der Waals surface area contributed by atoms with E-state index in [2.05, 4.69) is 25.9 Å². The van der Waals surface area contributed by atoms with Gasteiger partial charge in [0.25, 0.3) is 0 Å². The fourth-order valence-corrected chi connectivity index (χ4v) is 2.41. The molecule has 0 aliphatic rings. The van der Waals surface area contributed by atoms with Crippen LogP contribution < -0.4 is 0 Å². The maximum atomic E-state index is 10.6. The van der Waals surface area contributed by atoms with Gasteiger partial charge in [-0.05, 0) is 50.8 Å². The van der Waals surface area contributed by atoms with E-state index >= 15 is 0 Å². The first-order chi connectivity index (χ1) is 8.79. The number of ether oxygens (including phenoxy) is 1. The van der Waals surface area contributed by atoms with Crippen molar-refractivity contribution in [1.82, 2.24) is 14.7 Å². The van der Waals surface area contributed by atoms with Crippen LogP contribution in [-0.4, -0.2) is 52.6 Å². The van der Waals surface area contributed by atoms with Crippen molar-refractivity contribution >= 4 is 15.9 Å². The van der Waals surface area contributed by atoms with Crippen molar-refractivity contribution in [3.63, 3.8) is 0 Å². The maximum Gasteiger partial charge on any atom is 0.125 e. The largest absolute Gasteiger partial charge is 0.384 e. The van der Waals surface area contributed by atoms with E-state index in [4.69, 9.17) is 4.74 Å². The molecule has 1 N–H and O–H groups in total. The Morgan fingerprint density at radius 1 is 1.53 bits per heavy atom. The summed E-state index contributed by atoms with van der Waals surface area (Å²) in [4.78, 5) is 2.08. The van der Waals surface area contributed by atoms with Crippen molar-refractivity contribution in [2.24, 2.45) is 0 Å². The summed E-state index contributed by atoms with van der Waals surface area (Å²) in [6.07, 6.45) is 0.988. The summed E-state index contributed by atoms with van der Waals surface area (Å²) < 4.78 is 8.27. The van der Waals surface area contributed by atoms with Gasteiger partial charge >= 0.3 is 0 Å². The van der Waals surface area contributed by atoms with E-state index in [0.717, 1.165) is 23.3 Å². The van der Waals surface area contributed by atoms with Gasteiger partial charge in [-0.25, -0.2) is 0 Å². The molecular weight excluding hydrogens is 310 g/mol. The van der Waals surface area contributed by atoms with Crippen LogP contribution in [0.4, 0.5) is 0 Å². The number of likely N-dealkylation sites (N-methyl/N-ethyl adjacent to an activating group) is 1. The zero-order valence-electron chi connectivity index (χ0n) is 12.4. The van der Waals surface area contributed by atoms with Crippen LogP contribution in [0.3, 0.4) is 0 Å². The van der Waals surface area contributed by atoms with Gasteiger partial charge in [-0.2, -0.15) is 5.10 Å². The predicted octanol–water partition coefficient (Wildman–Crippen LogP) is 2.06. The molecule has 1 unspecified atom stereocenters. The Morgan fingerprint density at radius 2 is 2.16 bits per heavy atom. The molecule has 5 nitrogen and oxygen atoms in total. The molecule has 1 aromatic rings. The van der Waals surface area contributed by atoms with Crippen molar-refractivity contribution in [2.45, 2.75) is 39.0 Å². The van der Waals surface area contributed by atoms with Crippen molar-refractivity contribution in [1.29, 1.82) is 0 Å². The summed E-state index contributed by atoms with van der Waals surface area (Å²) in [5.41, 5.74) is 0.119. The van der Waals surface area contributed by atoms with Gasteiger partial charge in [0.05, 0.1) is 28.5 Å². The van der Waals surface area contributed by atoms with Crippen molar-refractivity contribution in [3.8, 4) is 0 Å². The minimum atomic E-state index is -0.730. The topological polar surface area (TPSA) is 50.5 Å². The Morgan fingerprint density at radius 3 is 2.68 bits per heavy atom. The van der Waals surface area contributed by atoms with E-state index in [1.165, 1.54) is 0 Å². The monoisotopic (exact) mass is 333 g/mol. The summed E-state index contributed by atoms with van der Waals surface area (Å²) in [5.74, 6) is 0. The normalized spacial score (nSPS) is 14.1. The number of aromatic nitrogens is 2. The molecule has 1 atom stereocenters. The molecule has 0 amide bonds. The maximum absolute atomic E-state index is 10.6. The molecule has 6 heteroatoms. The average molecular weight is 334 g/mol. The third-order valence-electron chi connectivity index (χ3n) is 3.03. The average Bonchev–Trinajstić information content (AvgIpc) is 2.66. The van der Waals surface area contributed by atoms with E-state index in [1.807, 2.05) is 39.5 Å². The van der Waals surface area contributed by atoms with Crippen LogP contribution >= 0.6 is 15.9 Å². The number of nitrogens with zero attached hydrogens (tertiary/aromatic N) is 3. The summed E-state index contributed by atoms with van der Waals surface area (Å²) in [5, 5.41) is 14.9. The minimum Gasteiger partial charge on any atom is -0.384 e. The van der Waals surface area contributed by atoms with Gasteiger partial charge in [0, 0.05) is 13.2 Å². The number of rotatable bonds is 7. The number of halogens is 1. The van der Waals surface area contributed by atoms with Gasteiger partial charge in [-0.3, -0.25) is 4.68 Å². The fourth-order valence-electron chi connectivity index (χ4n) is 1.90. The van der Waals surface area contributed by atoms with Crippen LogP contribution in [0, 0.1) is 0 Å². The van der Waals surface area contributed by atoms with Gasteiger partial charge in [0.1, 0.15) is 6.10 Å². The van der Waals surface area contributed by atoms with E-state index < -0.39 is 11.7 Å². The highest BCUT2D eigenvalue weighted by molar-refractivity contribution is 9.10. The highest BCUT2D eigenvalue weighted by Crippen LogP contribution is 2.33. The van der Waals surface area contributed by atoms with Gasteiger partial charge in [0.15, 0.2) is 0 Å². The summed E-state index contributed by atoms with van der Waals surface area (Å²) in [6, 6.07) is 0. The molecule has 0 spiro atoms. The number of aliphatic hydroxyl groups excluding tert-OH is 1. The van der Waals surface area contributed by atoms with Crippen molar-refractivity contribution in [2.75, 3.05) is 27.2 Å². The van der Waals surface area contributed by atoms with Crippen LogP contribution in [0.1, 0.15) is 32.6 Å². The quantitative estimate of drug-likeness (QED) is 0.829. The molecule has 0 aliphatic heterocycles. The second-order valence-electron chi connectivity index (χ2n) is 5.34. The van der Waals surface area contributed by atoms with Crippen LogP contribution in [0.25, 0.3) is 0 Å². The Hall–Kier alpha value is -0.430. The Bertz CT molecular complexity index is 405. The third-order valence-corrected chi connectivity index (χ3v) is 3.64. The van der Waals surface area contributed by atoms with E-state index in [0.29, 0.717) is 6.61 Å². The number of hydrogen-bond donors (Lipinski definition) is 1. The lowest BCUT2D eigenvalue weighted by Gasteiger charge is -2.31. The standard InChI is InChI=1S/C13H24BrN3O2/c1-6-19-13(2,3)12(18)11-10(14)9-15-17(11)8-7-16(4)5/h9,12,18H,6-8H2,1-5H3. The molecular formula is C13H24BrN3O2. The third kappa shape index (κ3) is 4.27. The van der Waals surface area contributed by atoms with E-state index in [-0.39, 0.29) is 0 Å². The lowest BCUT2D eigenvalue weighted by atomic mass is 9.98. The molecule has 1 heterocycles. The van der Waals surface area contributed by atoms with Gasteiger partial charge in [-0.1, -0.05) is 0 Å². The fraction of sp³-hybridized carbons (Fsp3) is 0.769. The van der Waals surface area contributed by atoms with E-state index in [1.54, 1.807) is 6.20 Å². The van der Waals surface area contributed by atoms with E-state index in [9.17, 15) is 5.11 Å². The van der Waals surface area contributed by atoms with Crippen LogP contribution in [0.5, 0.6) is 0 Å². The first-order valence-electron chi connectivity index (χ1n) is 6.47. The SMILES string of the molecule is CCOC(C)(C)C(O)c1c(Br)cnn1CCN(C)C. The Kier molecular flexibility index (Phi) is 5.98. The predicted molar refractivity (Wildman–Crippen MR) is 79.1 cm³/mol. The highest BCUT2D eigenvalue weighted by atomic mass is 79.9. The van der Waals surface area contributed by atoms with Gasteiger partial charge in [-0.15, -0.1) is 0 Å². The smallest absolute Gasteiger partial charge is 0.125 e. The summed E-state index contributed by atoms with van der Waals surface area (Å²) in [7, 11) is 4.03. The molecule has 19 heavy (non-hydrogen) atoms. The molecule has 0 fully saturated rings. The molecule has 1 aromatic heterocycles. The second-order valence-corrected chi connectivity index (χ2v) is 6.20. The van der Waals surface area contributed by atoms with Crippen LogP contribution in [0.2, 0.25) is 0 Å². The van der Waals surface area contributed by atoms with Crippen molar-refractivity contribution in [3.05, 3.63) is 16.4 Å². The lowest BCUT2D eigenvalue weighted by Crippen LogP contribution is -2.35. The molecule has 0 aliphatic carbocycles. The molecule has 0 saturated heterocycles. The Labute approximate surface area is 123 Å². The molecule has 0 radical (unpaired) electrons. The first kappa shape index (κ1) is 16.6. The molecule has 110 valence electrons. The molecule has 0 aromatic carbocycles. The zero-order valence-corrected chi connectivity index (χ0v) is 13.9. The molecule has 1 rings (SSSR count). The van der Waals surface area contributed by atoms with Crippen LogP contribution in [-0.2, 0) is 11.3 Å².